The number of hydrogen-bond donors (Lipinski definition) is 2. The van der Waals surface area contributed by atoms with Crippen LogP contribution in [-0.4, -0.2) is 23.7 Å². The molecular weight excluding hydrogens is 206 g/mol. The molecule has 0 aliphatic carbocycles. The molecular formula is C11H19N3O2. The fraction of sp³-hybridized carbons (Fsp3) is 0.636. The van der Waals surface area contributed by atoms with Crippen LogP contribution in [0, 0.1) is 13.8 Å². The summed E-state index contributed by atoms with van der Waals surface area (Å²) in [5, 5.41) is 9.55. The SMILES string of the molecule is CCC(C)NCC(=O)Nc1onc(C)c1C. The number of aromatic nitrogens is 1. The normalized spacial score (nSPS) is 12.5. The summed E-state index contributed by atoms with van der Waals surface area (Å²) in [6, 6.07) is 0.336. The molecule has 90 valence electrons. The second-order valence-electron chi connectivity index (χ2n) is 3.96. The Bertz CT molecular complexity index is 360. The van der Waals surface area contributed by atoms with Crippen LogP contribution in [0.25, 0.3) is 0 Å². The van der Waals surface area contributed by atoms with Crippen LogP contribution >= 0.6 is 0 Å². The molecule has 1 aromatic rings. The topological polar surface area (TPSA) is 67.2 Å². The lowest BCUT2D eigenvalue weighted by molar-refractivity contribution is -0.115. The standard InChI is InChI=1S/C11H19N3O2/c1-5-7(2)12-6-10(15)13-11-8(3)9(4)14-16-11/h7,12H,5-6H2,1-4H3,(H,13,15). The smallest absolute Gasteiger partial charge is 0.240 e. The Kier molecular flexibility index (Phi) is 4.49. The van der Waals surface area contributed by atoms with Crippen molar-refractivity contribution in [2.24, 2.45) is 0 Å². The minimum atomic E-state index is -0.112. The van der Waals surface area contributed by atoms with Crippen LogP contribution in [0.2, 0.25) is 0 Å². The molecule has 0 bridgehead atoms. The summed E-state index contributed by atoms with van der Waals surface area (Å²) in [4.78, 5) is 11.5. The summed E-state index contributed by atoms with van der Waals surface area (Å²) >= 11 is 0. The van der Waals surface area contributed by atoms with Crippen molar-refractivity contribution in [3.05, 3.63) is 11.3 Å². The second-order valence-corrected chi connectivity index (χ2v) is 3.96. The van der Waals surface area contributed by atoms with Gasteiger partial charge in [-0.15, -0.1) is 0 Å². The van der Waals surface area contributed by atoms with Crippen LogP contribution in [0.1, 0.15) is 31.5 Å². The predicted octanol–water partition coefficient (Wildman–Crippen LogP) is 1.62. The van der Waals surface area contributed by atoms with Gasteiger partial charge in [-0.3, -0.25) is 10.1 Å². The van der Waals surface area contributed by atoms with Gasteiger partial charge in [0.1, 0.15) is 0 Å². The van der Waals surface area contributed by atoms with E-state index in [-0.39, 0.29) is 12.5 Å². The molecule has 0 fully saturated rings. The zero-order chi connectivity index (χ0) is 12.1. The van der Waals surface area contributed by atoms with Gasteiger partial charge in [-0.2, -0.15) is 0 Å². The van der Waals surface area contributed by atoms with E-state index in [4.69, 9.17) is 4.52 Å². The van der Waals surface area contributed by atoms with Gasteiger partial charge in [0.05, 0.1) is 12.2 Å². The molecule has 0 saturated carbocycles. The highest BCUT2D eigenvalue weighted by molar-refractivity contribution is 5.91. The highest BCUT2D eigenvalue weighted by Crippen LogP contribution is 2.16. The molecule has 1 heterocycles. The number of carbonyl (C=O) groups is 1. The molecule has 0 aromatic carbocycles. The first-order chi connectivity index (χ1) is 7.54. The Labute approximate surface area is 95.6 Å². The number of nitrogens with zero attached hydrogens (tertiary/aromatic N) is 1. The van der Waals surface area contributed by atoms with Gasteiger partial charge in [0.2, 0.25) is 11.8 Å². The summed E-state index contributed by atoms with van der Waals surface area (Å²) in [5.74, 6) is 0.327. The zero-order valence-corrected chi connectivity index (χ0v) is 10.3. The minimum absolute atomic E-state index is 0.112. The van der Waals surface area contributed by atoms with Crippen molar-refractivity contribution < 1.29 is 9.32 Å². The number of hydrogen-bond acceptors (Lipinski definition) is 4. The third-order valence-corrected chi connectivity index (χ3v) is 2.63. The molecule has 0 aliphatic rings. The van der Waals surface area contributed by atoms with E-state index in [9.17, 15) is 4.79 Å². The molecule has 1 atom stereocenters. The van der Waals surface area contributed by atoms with E-state index in [2.05, 4.69) is 22.7 Å². The Morgan fingerprint density at radius 1 is 1.50 bits per heavy atom. The molecule has 0 aliphatic heterocycles. The van der Waals surface area contributed by atoms with Crippen molar-refractivity contribution in [3.63, 3.8) is 0 Å². The largest absolute Gasteiger partial charge is 0.338 e. The van der Waals surface area contributed by atoms with Crippen LogP contribution in [0.5, 0.6) is 0 Å². The van der Waals surface area contributed by atoms with E-state index >= 15 is 0 Å². The number of carbonyl (C=O) groups excluding carboxylic acids is 1. The average Bonchev–Trinajstić information content (AvgIpc) is 2.57. The van der Waals surface area contributed by atoms with E-state index in [1.165, 1.54) is 0 Å². The lowest BCUT2D eigenvalue weighted by Gasteiger charge is -2.10. The first-order valence-corrected chi connectivity index (χ1v) is 5.50. The molecule has 5 heteroatoms. The summed E-state index contributed by atoms with van der Waals surface area (Å²) in [7, 11) is 0. The van der Waals surface area contributed by atoms with Gasteiger partial charge in [-0.1, -0.05) is 12.1 Å². The van der Waals surface area contributed by atoms with Crippen molar-refractivity contribution in [1.82, 2.24) is 10.5 Å². The van der Waals surface area contributed by atoms with E-state index in [1.807, 2.05) is 20.8 Å². The zero-order valence-electron chi connectivity index (χ0n) is 10.3. The van der Waals surface area contributed by atoms with Gasteiger partial charge in [-0.05, 0) is 27.2 Å². The number of anilines is 1. The molecule has 0 spiro atoms. The van der Waals surface area contributed by atoms with Gasteiger partial charge >= 0.3 is 0 Å². The molecule has 2 N–H and O–H groups in total. The Morgan fingerprint density at radius 3 is 2.69 bits per heavy atom. The second kappa shape index (κ2) is 5.65. The van der Waals surface area contributed by atoms with Crippen LogP contribution in [0.3, 0.4) is 0 Å². The van der Waals surface area contributed by atoms with E-state index in [0.717, 1.165) is 17.7 Å². The molecule has 1 unspecified atom stereocenters. The molecule has 1 aromatic heterocycles. The summed E-state index contributed by atoms with van der Waals surface area (Å²) < 4.78 is 4.99. The van der Waals surface area contributed by atoms with Gasteiger partial charge in [-0.25, -0.2) is 0 Å². The molecule has 1 amide bonds. The lowest BCUT2D eigenvalue weighted by Crippen LogP contribution is -2.34. The highest BCUT2D eigenvalue weighted by atomic mass is 16.5. The fourth-order valence-corrected chi connectivity index (χ4v) is 1.11. The maximum Gasteiger partial charge on any atom is 0.240 e. The van der Waals surface area contributed by atoms with Crippen LogP contribution < -0.4 is 10.6 Å². The monoisotopic (exact) mass is 225 g/mol. The summed E-state index contributed by atoms with van der Waals surface area (Å²) in [6.45, 7) is 8.10. The summed E-state index contributed by atoms with van der Waals surface area (Å²) in [6.07, 6.45) is 0.994. The third kappa shape index (κ3) is 3.34. The highest BCUT2D eigenvalue weighted by Gasteiger charge is 2.11. The molecule has 0 radical (unpaired) electrons. The van der Waals surface area contributed by atoms with E-state index in [0.29, 0.717) is 11.9 Å². The Hall–Kier alpha value is -1.36. The van der Waals surface area contributed by atoms with E-state index < -0.39 is 0 Å². The maximum atomic E-state index is 11.5. The van der Waals surface area contributed by atoms with Crippen molar-refractivity contribution >= 4 is 11.8 Å². The van der Waals surface area contributed by atoms with Crippen molar-refractivity contribution in [2.75, 3.05) is 11.9 Å². The van der Waals surface area contributed by atoms with Gasteiger partial charge in [0, 0.05) is 11.6 Å². The predicted molar refractivity (Wildman–Crippen MR) is 62.4 cm³/mol. The number of aryl methyl sites for hydroxylation is 1. The van der Waals surface area contributed by atoms with Gasteiger partial charge in [0.25, 0.3) is 0 Å². The molecule has 0 saturated heterocycles. The van der Waals surface area contributed by atoms with Crippen molar-refractivity contribution in [1.29, 1.82) is 0 Å². The lowest BCUT2D eigenvalue weighted by atomic mass is 10.2. The van der Waals surface area contributed by atoms with E-state index in [1.54, 1.807) is 0 Å². The van der Waals surface area contributed by atoms with Gasteiger partial charge in [0.15, 0.2) is 0 Å². The number of amides is 1. The molecule has 16 heavy (non-hydrogen) atoms. The van der Waals surface area contributed by atoms with Crippen molar-refractivity contribution in [3.8, 4) is 0 Å². The first kappa shape index (κ1) is 12.7. The molecule has 5 nitrogen and oxygen atoms in total. The van der Waals surface area contributed by atoms with Crippen LogP contribution in [-0.2, 0) is 4.79 Å². The average molecular weight is 225 g/mol. The van der Waals surface area contributed by atoms with Gasteiger partial charge < -0.3 is 9.84 Å². The Morgan fingerprint density at radius 2 is 2.19 bits per heavy atom. The minimum Gasteiger partial charge on any atom is -0.338 e. The fourth-order valence-electron chi connectivity index (χ4n) is 1.11. The third-order valence-electron chi connectivity index (χ3n) is 2.63. The number of nitrogens with one attached hydrogen (secondary N) is 2. The Balaban J connectivity index is 2.43. The maximum absolute atomic E-state index is 11.5. The van der Waals surface area contributed by atoms with Crippen LogP contribution in [0.15, 0.2) is 4.52 Å². The summed E-state index contributed by atoms with van der Waals surface area (Å²) in [5.41, 5.74) is 1.67. The quantitative estimate of drug-likeness (QED) is 0.799. The van der Waals surface area contributed by atoms with Crippen LogP contribution in [0.4, 0.5) is 5.88 Å². The number of rotatable bonds is 5. The van der Waals surface area contributed by atoms with Crippen molar-refractivity contribution in [2.45, 2.75) is 40.2 Å². The molecule has 1 rings (SSSR count). The first-order valence-electron chi connectivity index (χ1n) is 5.50.